The summed E-state index contributed by atoms with van der Waals surface area (Å²) in [5.74, 6) is -0.0818. The summed E-state index contributed by atoms with van der Waals surface area (Å²) in [6.07, 6.45) is 2.16. The van der Waals surface area contributed by atoms with Crippen LogP contribution < -0.4 is 0 Å². The van der Waals surface area contributed by atoms with E-state index in [4.69, 9.17) is 0 Å². The molecule has 122 valence electrons. The molecule has 1 aliphatic heterocycles. The predicted octanol–water partition coefficient (Wildman–Crippen LogP) is 3.08. The summed E-state index contributed by atoms with van der Waals surface area (Å²) < 4.78 is 14.9. The minimum atomic E-state index is -0.242. The first-order valence-corrected chi connectivity index (χ1v) is 8.01. The van der Waals surface area contributed by atoms with Gasteiger partial charge >= 0.3 is 0 Å². The number of nitrogens with zero attached hydrogens (tertiary/aromatic N) is 3. The molecular formula is C18H22FN3O. The van der Waals surface area contributed by atoms with Gasteiger partial charge in [0.15, 0.2) is 0 Å². The van der Waals surface area contributed by atoms with Crippen LogP contribution in [0.1, 0.15) is 41.4 Å². The number of rotatable bonds is 4. The monoisotopic (exact) mass is 315 g/mol. The highest BCUT2D eigenvalue weighted by Crippen LogP contribution is 2.34. The highest BCUT2D eigenvalue weighted by Gasteiger charge is 2.33. The highest BCUT2D eigenvalue weighted by atomic mass is 19.1. The van der Waals surface area contributed by atoms with Gasteiger partial charge in [0.05, 0.1) is 11.7 Å². The molecule has 4 nitrogen and oxygen atoms in total. The fraction of sp³-hybridized carbons (Fsp3) is 0.444. The fourth-order valence-corrected chi connectivity index (χ4v) is 3.27. The minimum absolute atomic E-state index is 0.0965. The molecule has 1 atom stereocenters. The quantitative estimate of drug-likeness (QED) is 0.869. The van der Waals surface area contributed by atoms with Gasteiger partial charge in [-0.3, -0.25) is 9.48 Å². The van der Waals surface area contributed by atoms with Gasteiger partial charge in [0.25, 0.3) is 0 Å². The topological polar surface area (TPSA) is 38.1 Å². The zero-order valence-electron chi connectivity index (χ0n) is 13.8. The molecule has 2 aromatic rings. The first-order valence-electron chi connectivity index (χ1n) is 8.01. The van der Waals surface area contributed by atoms with Crippen molar-refractivity contribution >= 4 is 5.91 Å². The smallest absolute Gasteiger partial charge is 0.223 e. The molecule has 1 saturated heterocycles. The van der Waals surface area contributed by atoms with Crippen LogP contribution in [0, 0.1) is 19.7 Å². The summed E-state index contributed by atoms with van der Waals surface area (Å²) in [7, 11) is 1.92. The second-order valence-electron chi connectivity index (χ2n) is 6.22. The molecule has 0 N–H and O–H groups in total. The van der Waals surface area contributed by atoms with Crippen LogP contribution in [0.4, 0.5) is 4.39 Å². The van der Waals surface area contributed by atoms with Crippen LogP contribution in [0.25, 0.3) is 0 Å². The summed E-state index contributed by atoms with van der Waals surface area (Å²) in [4.78, 5) is 14.4. The largest absolute Gasteiger partial charge is 0.335 e. The zero-order chi connectivity index (χ0) is 16.6. The van der Waals surface area contributed by atoms with E-state index in [2.05, 4.69) is 5.10 Å². The molecule has 1 aromatic carbocycles. The second-order valence-corrected chi connectivity index (χ2v) is 6.22. The molecule has 0 spiro atoms. The van der Waals surface area contributed by atoms with Gasteiger partial charge < -0.3 is 4.90 Å². The number of benzene rings is 1. The van der Waals surface area contributed by atoms with Crippen molar-refractivity contribution in [3.05, 3.63) is 52.6 Å². The molecule has 1 aromatic heterocycles. The van der Waals surface area contributed by atoms with E-state index in [0.29, 0.717) is 6.42 Å². The molecule has 2 heterocycles. The summed E-state index contributed by atoms with van der Waals surface area (Å²) in [6.45, 7) is 4.80. The Morgan fingerprint density at radius 1 is 1.30 bits per heavy atom. The van der Waals surface area contributed by atoms with Crippen molar-refractivity contribution in [1.29, 1.82) is 0 Å². The normalized spacial score (nSPS) is 17.2. The number of amides is 1. The first kappa shape index (κ1) is 15.7. The van der Waals surface area contributed by atoms with Crippen molar-refractivity contribution in [1.82, 2.24) is 14.7 Å². The van der Waals surface area contributed by atoms with Crippen LogP contribution in [-0.2, 0) is 18.3 Å². The summed E-state index contributed by atoms with van der Waals surface area (Å²) >= 11 is 0. The van der Waals surface area contributed by atoms with E-state index in [0.717, 1.165) is 36.3 Å². The third-order valence-corrected chi connectivity index (χ3v) is 4.84. The van der Waals surface area contributed by atoms with Gasteiger partial charge in [0.2, 0.25) is 5.91 Å². The van der Waals surface area contributed by atoms with E-state index in [-0.39, 0.29) is 17.8 Å². The Hall–Kier alpha value is -2.17. The molecule has 1 amide bonds. The Labute approximate surface area is 135 Å². The van der Waals surface area contributed by atoms with Gasteiger partial charge in [-0.1, -0.05) is 12.1 Å². The Bertz CT molecular complexity index is 721. The number of likely N-dealkylation sites (tertiary alicyclic amines) is 1. The number of halogens is 1. The van der Waals surface area contributed by atoms with E-state index in [1.54, 1.807) is 12.1 Å². The average molecular weight is 315 g/mol. The van der Waals surface area contributed by atoms with Crippen molar-refractivity contribution in [2.75, 3.05) is 6.54 Å². The predicted molar refractivity (Wildman–Crippen MR) is 86.5 cm³/mol. The van der Waals surface area contributed by atoms with Crippen molar-refractivity contribution < 1.29 is 9.18 Å². The van der Waals surface area contributed by atoms with E-state index >= 15 is 0 Å². The lowest BCUT2D eigenvalue weighted by atomic mass is 9.93. The van der Waals surface area contributed by atoms with Crippen LogP contribution in [0.15, 0.2) is 24.3 Å². The molecule has 23 heavy (non-hydrogen) atoms. The van der Waals surface area contributed by atoms with Gasteiger partial charge in [0.1, 0.15) is 5.82 Å². The van der Waals surface area contributed by atoms with E-state index in [1.807, 2.05) is 30.5 Å². The zero-order valence-corrected chi connectivity index (χ0v) is 13.8. The number of aromatic nitrogens is 2. The molecule has 0 unspecified atom stereocenters. The number of carbonyl (C=O) groups excluding carboxylic acids is 1. The van der Waals surface area contributed by atoms with Crippen LogP contribution >= 0.6 is 0 Å². The molecule has 0 radical (unpaired) electrons. The summed E-state index contributed by atoms with van der Waals surface area (Å²) in [5.41, 5.74) is 4.30. The summed E-state index contributed by atoms with van der Waals surface area (Å²) in [5, 5.41) is 4.39. The van der Waals surface area contributed by atoms with Gasteiger partial charge in [0, 0.05) is 25.7 Å². The second kappa shape index (κ2) is 6.14. The SMILES string of the molecule is Cc1nn(C)c(C)c1CCC(=O)N1CC[C@@H]1c1ccc(F)cc1. The van der Waals surface area contributed by atoms with E-state index in [9.17, 15) is 9.18 Å². The number of aryl methyl sites for hydroxylation is 2. The summed E-state index contributed by atoms with van der Waals surface area (Å²) in [6, 6.07) is 6.56. The number of hydrogen-bond donors (Lipinski definition) is 0. The maximum Gasteiger partial charge on any atom is 0.223 e. The fourth-order valence-electron chi connectivity index (χ4n) is 3.27. The Morgan fingerprint density at radius 2 is 2.00 bits per heavy atom. The highest BCUT2D eigenvalue weighted by molar-refractivity contribution is 5.78. The molecule has 5 heteroatoms. The van der Waals surface area contributed by atoms with Crippen LogP contribution in [0.2, 0.25) is 0 Å². The van der Waals surface area contributed by atoms with Gasteiger partial charge in [-0.25, -0.2) is 4.39 Å². The average Bonchev–Trinajstić information content (AvgIpc) is 2.71. The number of carbonyl (C=O) groups is 1. The first-order chi connectivity index (χ1) is 11.0. The molecule has 0 aliphatic carbocycles. The van der Waals surface area contributed by atoms with Gasteiger partial charge in [-0.2, -0.15) is 5.10 Å². The van der Waals surface area contributed by atoms with E-state index < -0.39 is 0 Å². The van der Waals surface area contributed by atoms with Gasteiger partial charge in [-0.05, 0) is 49.9 Å². The molecule has 3 rings (SSSR count). The van der Waals surface area contributed by atoms with Gasteiger partial charge in [-0.15, -0.1) is 0 Å². The minimum Gasteiger partial charge on any atom is -0.335 e. The third kappa shape index (κ3) is 3.00. The standard InChI is InChI=1S/C18H22FN3O/c1-12-16(13(2)21(3)20-12)8-9-18(23)22-11-10-17(22)14-4-6-15(19)7-5-14/h4-7,17H,8-11H2,1-3H3/t17-/m1/s1. The Kier molecular flexibility index (Phi) is 4.20. The molecule has 1 fully saturated rings. The molecule has 0 bridgehead atoms. The Morgan fingerprint density at radius 3 is 2.52 bits per heavy atom. The van der Waals surface area contributed by atoms with Crippen molar-refractivity contribution in [3.8, 4) is 0 Å². The van der Waals surface area contributed by atoms with Crippen molar-refractivity contribution in [3.63, 3.8) is 0 Å². The van der Waals surface area contributed by atoms with Crippen molar-refractivity contribution in [2.24, 2.45) is 7.05 Å². The Balaban J connectivity index is 1.63. The number of hydrogen-bond acceptors (Lipinski definition) is 2. The maximum absolute atomic E-state index is 13.0. The van der Waals surface area contributed by atoms with Crippen LogP contribution in [0.3, 0.4) is 0 Å². The molecule has 0 saturated carbocycles. The van der Waals surface area contributed by atoms with Crippen LogP contribution in [0.5, 0.6) is 0 Å². The van der Waals surface area contributed by atoms with Crippen molar-refractivity contribution in [2.45, 2.75) is 39.2 Å². The lowest BCUT2D eigenvalue weighted by molar-refractivity contribution is -0.139. The third-order valence-electron chi connectivity index (χ3n) is 4.84. The lowest BCUT2D eigenvalue weighted by Gasteiger charge is -2.41. The molecular weight excluding hydrogens is 293 g/mol. The molecule has 1 aliphatic rings. The van der Waals surface area contributed by atoms with E-state index in [1.165, 1.54) is 17.7 Å². The van der Waals surface area contributed by atoms with Crippen LogP contribution in [-0.4, -0.2) is 27.1 Å². The maximum atomic E-state index is 13.0. The lowest BCUT2D eigenvalue weighted by Crippen LogP contribution is -2.45.